The molecule has 3 aromatic rings. The summed E-state index contributed by atoms with van der Waals surface area (Å²) in [5, 5.41) is 7.20. The Hall–Kier alpha value is -3.93. The Balaban J connectivity index is 1.29. The zero-order valence-corrected chi connectivity index (χ0v) is 19.7. The summed E-state index contributed by atoms with van der Waals surface area (Å²) >= 11 is 0. The molecule has 1 fully saturated rings. The van der Waals surface area contributed by atoms with Gasteiger partial charge < -0.3 is 10.1 Å². The highest BCUT2D eigenvalue weighted by atomic mass is 16.5. The molecule has 0 aromatic heterocycles. The third-order valence-electron chi connectivity index (χ3n) is 6.14. The van der Waals surface area contributed by atoms with E-state index < -0.39 is 5.92 Å². The summed E-state index contributed by atoms with van der Waals surface area (Å²) in [6.45, 7) is 0.000351. The molecule has 0 bridgehead atoms. The molecule has 2 amide bonds. The predicted octanol–water partition coefficient (Wildman–Crippen LogP) is 4.80. The van der Waals surface area contributed by atoms with Gasteiger partial charge in [0.15, 0.2) is 6.61 Å². The van der Waals surface area contributed by atoms with Crippen molar-refractivity contribution in [3.63, 3.8) is 0 Å². The monoisotopic (exact) mass is 469 g/mol. The van der Waals surface area contributed by atoms with Crippen LogP contribution in [0.1, 0.15) is 54.7 Å². The fourth-order valence-corrected chi connectivity index (χ4v) is 4.34. The molecule has 1 aliphatic rings. The molecule has 3 aromatic carbocycles. The molecule has 6 heteroatoms. The van der Waals surface area contributed by atoms with E-state index in [4.69, 9.17) is 4.74 Å². The Bertz CT molecular complexity index is 1070. The molecule has 0 radical (unpaired) electrons. The first-order chi connectivity index (χ1) is 17.2. The molecule has 0 saturated heterocycles. The molecule has 2 N–H and O–H groups in total. The number of carbonyl (C=O) groups excluding carboxylic acids is 2. The third-order valence-corrected chi connectivity index (χ3v) is 6.14. The Morgan fingerprint density at radius 3 is 2.06 bits per heavy atom. The number of ether oxygens (including phenoxy) is 1. The van der Waals surface area contributed by atoms with Crippen LogP contribution in [-0.2, 0) is 9.59 Å². The maximum atomic E-state index is 13.0. The van der Waals surface area contributed by atoms with Crippen LogP contribution in [-0.4, -0.2) is 30.7 Å². The lowest BCUT2D eigenvalue weighted by atomic mass is 9.91. The van der Waals surface area contributed by atoms with E-state index in [0.717, 1.165) is 29.5 Å². The SMILES string of the molecule is O=C(COc1ccc(/C=N/NC(=O)C(c2ccccc2)c2ccccc2)cc1)NC1CCCCC1. The number of carbonyl (C=O) groups is 2. The number of amides is 2. The van der Waals surface area contributed by atoms with Gasteiger partial charge >= 0.3 is 0 Å². The summed E-state index contributed by atoms with van der Waals surface area (Å²) < 4.78 is 5.61. The summed E-state index contributed by atoms with van der Waals surface area (Å²) in [7, 11) is 0. The lowest BCUT2D eigenvalue weighted by molar-refractivity contribution is -0.124. The molecule has 0 aliphatic heterocycles. The molecule has 0 unspecified atom stereocenters. The quantitative estimate of drug-likeness (QED) is 0.349. The first-order valence-electron chi connectivity index (χ1n) is 12.1. The van der Waals surface area contributed by atoms with Crippen LogP contribution in [0.15, 0.2) is 90.0 Å². The van der Waals surface area contributed by atoms with Crippen LogP contribution >= 0.6 is 0 Å². The van der Waals surface area contributed by atoms with Crippen molar-refractivity contribution in [3.05, 3.63) is 102 Å². The van der Waals surface area contributed by atoms with Crippen molar-refractivity contribution in [2.45, 2.75) is 44.1 Å². The van der Waals surface area contributed by atoms with Crippen molar-refractivity contribution in [1.82, 2.24) is 10.7 Å². The number of hydrazone groups is 1. The largest absolute Gasteiger partial charge is 0.484 e. The van der Waals surface area contributed by atoms with Gasteiger partial charge in [-0.2, -0.15) is 5.10 Å². The molecule has 0 heterocycles. The zero-order valence-electron chi connectivity index (χ0n) is 19.7. The molecule has 6 nitrogen and oxygen atoms in total. The van der Waals surface area contributed by atoms with Crippen LogP contribution in [0.5, 0.6) is 5.75 Å². The number of rotatable bonds is 9. The van der Waals surface area contributed by atoms with Crippen molar-refractivity contribution in [3.8, 4) is 5.75 Å². The summed E-state index contributed by atoms with van der Waals surface area (Å²) in [4.78, 5) is 25.1. The van der Waals surface area contributed by atoms with E-state index in [2.05, 4.69) is 15.8 Å². The maximum absolute atomic E-state index is 13.0. The van der Waals surface area contributed by atoms with Crippen LogP contribution in [0.3, 0.4) is 0 Å². The lowest BCUT2D eigenvalue weighted by Crippen LogP contribution is -2.38. The van der Waals surface area contributed by atoms with E-state index in [-0.39, 0.29) is 24.5 Å². The third kappa shape index (κ3) is 7.27. The Morgan fingerprint density at radius 1 is 0.857 bits per heavy atom. The minimum atomic E-state index is -0.454. The molecule has 4 rings (SSSR count). The van der Waals surface area contributed by atoms with Crippen molar-refractivity contribution in [2.24, 2.45) is 5.10 Å². The number of hydrogen-bond donors (Lipinski definition) is 2. The van der Waals surface area contributed by atoms with E-state index in [1.807, 2.05) is 72.8 Å². The second kappa shape index (κ2) is 12.5. The minimum Gasteiger partial charge on any atom is -0.484 e. The number of hydrogen-bond acceptors (Lipinski definition) is 4. The Morgan fingerprint density at radius 2 is 1.46 bits per heavy atom. The lowest BCUT2D eigenvalue weighted by Gasteiger charge is -2.22. The molecule has 1 aliphatic carbocycles. The van der Waals surface area contributed by atoms with Crippen molar-refractivity contribution >= 4 is 18.0 Å². The second-order valence-corrected chi connectivity index (χ2v) is 8.75. The van der Waals surface area contributed by atoms with E-state index in [1.165, 1.54) is 19.3 Å². The van der Waals surface area contributed by atoms with Gasteiger partial charge in [0, 0.05) is 6.04 Å². The fraction of sp³-hybridized carbons (Fsp3) is 0.276. The highest BCUT2D eigenvalue weighted by Gasteiger charge is 2.22. The van der Waals surface area contributed by atoms with E-state index in [0.29, 0.717) is 5.75 Å². The average Bonchev–Trinajstić information content (AvgIpc) is 2.90. The van der Waals surface area contributed by atoms with E-state index >= 15 is 0 Å². The van der Waals surface area contributed by atoms with Crippen molar-refractivity contribution in [2.75, 3.05) is 6.61 Å². The van der Waals surface area contributed by atoms with Gasteiger partial charge in [-0.1, -0.05) is 79.9 Å². The topological polar surface area (TPSA) is 79.8 Å². The van der Waals surface area contributed by atoms with Gasteiger partial charge in [0.1, 0.15) is 5.75 Å². The molecule has 0 spiro atoms. The van der Waals surface area contributed by atoms with Crippen LogP contribution < -0.4 is 15.5 Å². The Kier molecular flexibility index (Phi) is 8.65. The molecule has 35 heavy (non-hydrogen) atoms. The van der Waals surface area contributed by atoms with Gasteiger partial charge in [-0.3, -0.25) is 9.59 Å². The van der Waals surface area contributed by atoms with Gasteiger partial charge in [0.2, 0.25) is 0 Å². The number of nitrogens with one attached hydrogen (secondary N) is 2. The summed E-state index contributed by atoms with van der Waals surface area (Å²) in [5.74, 6) is -0.137. The summed E-state index contributed by atoms with van der Waals surface area (Å²) in [5.41, 5.74) is 5.28. The normalized spacial score (nSPS) is 14.1. The minimum absolute atomic E-state index is 0.000351. The smallest absolute Gasteiger partial charge is 0.258 e. The van der Waals surface area contributed by atoms with Gasteiger partial charge in [0.25, 0.3) is 11.8 Å². The van der Waals surface area contributed by atoms with Crippen LogP contribution in [0, 0.1) is 0 Å². The highest BCUT2D eigenvalue weighted by Crippen LogP contribution is 2.24. The molecular weight excluding hydrogens is 438 g/mol. The predicted molar refractivity (Wildman–Crippen MR) is 137 cm³/mol. The number of nitrogens with zero attached hydrogens (tertiary/aromatic N) is 1. The zero-order chi connectivity index (χ0) is 24.3. The van der Waals surface area contributed by atoms with E-state index in [1.54, 1.807) is 18.3 Å². The van der Waals surface area contributed by atoms with Crippen LogP contribution in [0.25, 0.3) is 0 Å². The van der Waals surface area contributed by atoms with Crippen LogP contribution in [0.2, 0.25) is 0 Å². The molecule has 1 saturated carbocycles. The van der Waals surface area contributed by atoms with Gasteiger partial charge in [-0.05, 0) is 53.8 Å². The maximum Gasteiger partial charge on any atom is 0.258 e. The van der Waals surface area contributed by atoms with Gasteiger partial charge in [-0.15, -0.1) is 0 Å². The van der Waals surface area contributed by atoms with Gasteiger partial charge in [-0.25, -0.2) is 5.43 Å². The first-order valence-corrected chi connectivity index (χ1v) is 12.1. The molecule has 0 atom stereocenters. The van der Waals surface area contributed by atoms with Crippen LogP contribution in [0.4, 0.5) is 0 Å². The standard InChI is InChI=1S/C29H31N3O3/c33-27(31-25-14-8-3-9-15-25)21-35-26-18-16-22(17-19-26)20-30-32-29(34)28(23-10-4-1-5-11-23)24-12-6-2-7-13-24/h1-2,4-7,10-13,16-20,25,28H,3,8-9,14-15,21H2,(H,31,33)(H,32,34)/b30-20+. The second-order valence-electron chi connectivity index (χ2n) is 8.75. The van der Waals surface area contributed by atoms with E-state index in [9.17, 15) is 9.59 Å². The van der Waals surface area contributed by atoms with Crippen molar-refractivity contribution < 1.29 is 14.3 Å². The molecule has 180 valence electrons. The average molecular weight is 470 g/mol. The number of benzene rings is 3. The molecular formula is C29H31N3O3. The first kappa shape index (κ1) is 24.2. The summed E-state index contributed by atoms with van der Waals surface area (Å²) in [6.07, 6.45) is 7.29. The Labute approximate surface area is 206 Å². The van der Waals surface area contributed by atoms with Crippen molar-refractivity contribution in [1.29, 1.82) is 0 Å². The fourth-order valence-electron chi connectivity index (χ4n) is 4.34. The van der Waals surface area contributed by atoms with Gasteiger partial charge in [0.05, 0.1) is 12.1 Å². The summed E-state index contributed by atoms with van der Waals surface area (Å²) in [6, 6.07) is 26.8. The highest BCUT2D eigenvalue weighted by molar-refractivity contribution is 5.88.